The van der Waals surface area contributed by atoms with Crippen molar-refractivity contribution in [1.82, 2.24) is 5.32 Å². The van der Waals surface area contributed by atoms with Crippen molar-refractivity contribution in [3.8, 4) is 5.75 Å². The van der Waals surface area contributed by atoms with Crippen molar-refractivity contribution in [2.45, 2.75) is 26.9 Å². The van der Waals surface area contributed by atoms with E-state index in [1.165, 1.54) is 11.1 Å². The van der Waals surface area contributed by atoms with Crippen LogP contribution in [0.2, 0.25) is 0 Å². The summed E-state index contributed by atoms with van der Waals surface area (Å²) in [6.07, 6.45) is 2.81. The Morgan fingerprint density at radius 3 is 2.48 bits per heavy atom. The molecule has 2 atom stereocenters. The van der Waals surface area contributed by atoms with Crippen LogP contribution in [0.3, 0.4) is 0 Å². The van der Waals surface area contributed by atoms with Gasteiger partial charge in [-0.05, 0) is 42.5 Å². The maximum absolute atomic E-state index is 11.1. The van der Waals surface area contributed by atoms with Gasteiger partial charge in [0.2, 0.25) is 5.91 Å². The number of allylic oxidation sites excluding steroid dienone is 1. The van der Waals surface area contributed by atoms with Crippen LogP contribution in [0, 0.1) is 18.3 Å². The number of hydrogen-bond donors (Lipinski definition) is 2. The van der Waals surface area contributed by atoms with Crippen LogP contribution in [0.15, 0.2) is 67.3 Å². The summed E-state index contributed by atoms with van der Waals surface area (Å²) in [6, 6.07) is 18.3. The molecule has 0 heterocycles. The van der Waals surface area contributed by atoms with Crippen molar-refractivity contribution in [3.05, 3.63) is 78.4 Å². The fraction of sp³-hybridized carbons (Fsp3) is 0.348. The number of amides is 1. The first-order valence-electron chi connectivity index (χ1n) is 9.02. The molecule has 1 fully saturated rings. The highest BCUT2D eigenvalue weighted by Crippen LogP contribution is 2.52. The van der Waals surface area contributed by atoms with E-state index in [2.05, 4.69) is 37.0 Å². The number of aryl methyl sites for hydroxylation is 1. The van der Waals surface area contributed by atoms with Gasteiger partial charge in [0.1, 0.15) is 12.4 Å². The lowest BCUT2D eigenvalue weighted by Crippen LogP contribution is -2.27. The molecule has 3 rings (SSSR count). The zero-order valence-electron chi connectivity index (χ0n) is 16.7. The van der Waals surface area contributed by atoms with Gasteiger partial charge in [0, 0.05) is 15.6 Å². The molecule has 0 radical (unpaired) electrons. The van der Waals surface area contributed by atoms with Crippen molar-refractivity contribution in [1.29, 1.82) is 0 Å². The van der Waals surface area contributed by atoms with Crippen LogP contribution in [0.5, 0.6) is 5.75 Å². The first-order valence-corrected chi connectivity index (χ1v) is 9.02. The monoisotopic (exact) mass is 371 g/mol. The van der Waals surface area contributed by atoms with Gasteiger partial charge in [-0.2, -0.15) is 0 Å². The second-order valence-corrected chi connectivity index (χ2v) is 6.63. The molecule has 1 aliphatic rings. The van der Waals surface area contributed by atoms with Crippen LogP contribution in [0.25, 0.3) is 0 Å². The maximum Gasteiger partial charge on any atom is 0.226 e. The normalized spacial score (nSPS) is 19.4. The van der Waals surface area contributed by atoms with E-state index in [0.29, 0.717) is 12.5 Å². The number of nitrogens with one attached hydrogen (secondary N) is 1. The van der Waals surface area contributed by atoms with Crippen LogP contribution in [-0.2, 0) is 11.4 Å². The van der Waals surface area contributed by atoms with Gasteiger partial charge in [0.05, 0.1) is 5.41 Å². The van der Waals surface area contributed by atoms with E-state index < -0.39 is 0 Å². The molecule has 27 heavy (non-hydrogen) atoms. The lowest BCUT2D eigenvalue weighted by molar-refractivity contribution is -0.125. The van der Waals surface area contributed by atoms with E-state index >= 15 is 0 Å². The minimum absolute atomic E-state index is 0. The predicted molar refractivity (Wildman–Crippen MR) is 113 cm³/mol. The average molecular weight is 372 g/mol. The van der Waals surface area contributed by atoms with E-state index in [1.54, 1.807) is 7.05 Å². The Kier molecular flexibility index (Phi) is 9.31. The summed E-state index contributed by atoms with van der Waals surface area (Å²) >= 11 is 0. The highest BCUT2D eigenvalue weighted by molar-refractivity contribution is 5.85. The fourth-order valence-electron chi connectivity index (χ4n) is 2.73. The van der Waals surface area contributed by atoms with Crippen LogP contribution in [-0.4, -0.2) is 25.2 Å². The van der Waals surface area contributed by atoms with Crippen LogP contribution < -0.4 is 10.1 Å². The summed E-state index contributed by atoms with van der Waals surface area (Å²) in [4.78, 5) is 11.1. The van der Waals surface area contributed by atoms with Crippen molar-refractivity contribution in [2.24, 2.45) is 11.3 Å². The van der Waals surface area contributed by atoms with Gasteiger partial charge in [-0.3, -0.25) is 4.79 Å². The highest BCUT2D eigenvalue weighted by Gasteiger charge is 2.53. The molecule has 1 aliphatic carbocycles. The van der Waals surface area contributed by atoms with Gasteiger partial charge in [-0.25, -0.2) is 0 Å². The summed E-state index contributed by atoms with van der Waals surface area (Å²) in [7, 11) is 2.67. The van der Waals surface area contributed by atoms with Crippen LogP contribution >= 0.6 is 0 Å². The Morgan fingerprint density at radius 2 is 1.96 bits per heavy atom. The quantitative estimate of drug-likeness (QED) is 0.767. The number of hydrogen-bond acceptors (Lipinski definition) is 3. The van der Waals surface area contributed by atoms with Gasteiger partial charge in [-0.1, -0.05) is 55.5 Å². The number of benzene rings is 2. The van der Waals surface area contributed by atoms with Gasteiger partial charge in [0.25, 0.3) is 0 Å². The Morgan fingerprint density at radius 1 is 1.30 bits per heavy atom. The Hall–Kier alpha value is -2.59. The van der Waals surface area contributed by atoms with E-state index in [9.17, 15) is 4.79 Å². The second-order valence-electron chi connectivity index (χ2n) is 6.63. The lowest BCUT2D eigenvalue weighted by Gasteiger charge is -2.06. The molecule has 1 amide bonds. The summed E-state index contributed by atoms with van der Waals surface area (Å²) in [5, 5.41) is 9.64. The van der Waals surface area contributed by atoms with E-state index in [1.807, 2.05) is 49.4 Å². The number of rotatable bonds is 5. The molecule has 2 aromatic carbocycles. The number of carbonyl (C=O) groups excluding carboxylic acids is 1. The molecule has 0 unspecified atom stereocenters. The zero-order chi connectivity index (χ0) is 20.3. The minimum atomic E-state index is -0.142. The molecule has 0 aliphatic heterocycles. The molecule has 148 valence electrons. The molecular weight excluding hydrogens is 338 g/mol. The molecule has 0 saturated heterocycles. The Labute approximate surface area is 164 Å². The zero-order valence-corrected chi connectivity index (χ0v) is 16.7. The molecule has 4 heteroatoms. The number of aliphatic hydroxyl groups excluding tert-OH is 1. The third kappa shape index (κ3) is 6.91. The smallest absolute Gasteiger partial charge is 0.226 e. The minimum Gasteiger partial charge on any atom is -0.489 e. The SMILES string of the molecule is C=C[C@@H]1C[C@]1(C)C(=O)NC.CO.Cc1cccc(OCc2ccccc2)c1.[HH]. The van der Waals surface area contributed by atoms with Crippen molar-refractivity contribution in [3.63, 3.8) is 0 Å². The van der Waals surface area contributed by atoms with Crippen molar-refractivity contribution < 1.29 is 16.1 Å². The maximum atomic E-state index is 11.1. The summed E-state index contributed by atoms with van der Waals surface area (Å²) in [6.45, 7) is 8.32. The Balaban J connectivity index is 0.000000493. The number of ether oxygens (including phenoxy) is 1. The van der Waals surface area contributed by atoms with Gasteiger partial charge in [0.15, 0.2) is 0 Å². The number of aliphatic hydroxyl groups is 1. The van der Waals surface area contributed by atoms with E-state index in [0.717, 1.165) is 19.3 Å². The average Bonchev–Trinajstić information content (AvgIpc) is 3.40. The molecule has 4 nitrogen and oxygen atoms in total. The molecule has 0 aromatic heterocycles. The molecule has 0 spiro atoms. The first-order chi connectivity index (χ1) is 13.0. The Bertz CT molecular complexity index is 721. The van der Waals surface area contributed by atoms with Crippen molar-refractivity contribution >= 4 is 5.91 Å². The molecule has 0 bridgehead atoms. The molecule has 2 N–H and O–H groups in total. The standard InChI is InChI=1S/C14H14O.C8H13NO.CH4O.H2/c1-12-6-5-9-14(10-12)15-11-13-7-3-2-4-8-13;1-4-6-5-8(6,2)7(10)9-3;1-2;/h2-10H,11H2,1H3;4,6H,1,5H2,2-3H3,(H,9,10);2H,1H3;1H/t;6-,8+;;/m.1../s1. The predicted octanol–water partition coefficient (Wildman–Crippen LogP) is 4.37. The number of carbonyl (C=O) groups is 1. The van der Waals surface area contributed by atoms with Gasteiger partial charge >= 0.3 is 0 Å². The molecular formula is C23H33NO3. The summed E-state index contributed by atoms with van der Waals surface area (Å²) in [5.41, 5.74) is 2.27. The first kappa shape index (κ1) is 22.5. The fourth-order valence-corrected chi connectivity index (χ4v) is 2.73. The summed E-state index contributed by atoms with van der Waals surface area (Å²) < 4.78 is 5.67. The van der Waals surface area contributed by atoms with E-state index in [-0.39, 0.29) is 12.7 Å². The van der Waals surface area contributed by atoms with Crippen LogP contribution in [0.4, 0.5) is 0 Å². The third-order valence-electron chi connectivity index (χ3n) is 4.57. The lowest BCUT2D eigenvalue weighted by atomic mass is 10.1. The third-order valence-corrected chi connectivity index (χ3v) is 4.57. The summed E-state index contributed by atoms with van der Waals surface area (Å²) in [5.74, 6) is 1.46. The van der Waals surface area contributed by atoms with Crippen molar-refractivity contribution in [2.75, 3.05) is 14.2 Å². The molecule has 1 saturated carbocycles. The topological polar surface area (TPSA) is 58.6 Å². The van der Waals surface area contributed by atoms with Gasteiger partial charge < -0.3 is 15.2 Å². The second kappa shape index (κ2) is 11.2. The largest absolute Gasteiger partial charge is 0.489 e. The van der Waals surface area contributed by atoms with Gasteiger partial charge in [-0.15, -0.1) is 6.58 Å². The van der Waals surface area contributed by atoms with Crippen LogP contribution in [0.1, 0.15) is 25.9 Å². The van der Waals surface area contributed by atoms with E-state index in [4.69, 9.17) is 9.84 Å². The molecule has 2 aromatic rings. The highest BCUT2D eigenvalue weighted by atomic mass is 16.5.